The predicted octanol–water partition coefficient (Wildman–Crippen LogP) is 3.72. The number of nitrogens with one attached hydrogen (secondary N) is 3. The van der Waals surface area contributed by atoms with E-state index < -0.39 is 0 Å². The number of anilines is 1. The first-order valence-electron chi connectivity index (χ1n) is 8.17. The normalized spacial score (nSPS) is 10.3. The Bertz CT molecular complexity index is 871. The second kappa shape index (κ2) is 9.48. The lowest BCUT2D eigenvalue weighted by molar-refractivity contribution is 0.0941. The van der Waals surface area contributed by atoms with Gasteiger partial charge >= 0.3 is 0 Å². The molecule has 0 fully saturated rings. The Morgan fingerprint density at radius 1 is 1.07 bits per heavy atom. The summed E-state index contributed by atoms with van der Waals surface area (Å²) in [4.78, 5) is 24.4. The monoisotopic (exact) mass is 449 g/mol. The van der Waals surface area contributed by atoms with Gasteiger partial charge in [-0.25, -0.2) is 0 Å². The van der Waals surface area contributed by atoms with Crippen LogP contribution in [0.1, 0.15) is 34.6 Å². The molecule has 0 radical (unpaired) electrons. The van der Waals surface area contributed by atoms with Crippen LogP contribution in [0.15, 0.2) is 46.9 Å². The van der Waals surface area contributed by atoms with Crippen molar-refractivity contribution in [2.75, 3.05) is 12.4 Å². The second-order valence-corrected chi connectivity index (χ2v) is 7.23. The summed E-state index contributed by atoms with van der Waals surface area (Å²) in [5.41, 5.74) is 1.53. The first-order chi connectivity index (χ1) is 12.8. The van der Waals surface area contributed by atoms with Crippen molar-refractivity contribution in [3.63, 3.8) is 0 Å². The summed E-state index contributed by atoms with van der Waals surface area (Å²) in [5, 5.41) is 8.48. The van der Waals surface area contributed by atoms with Gasteiger partial charge < -0.3 is 15.4 Å². The zero-order chi connectivity index (χ0) is 20.0. The topological polar surface area (TPSA) is 79.5 Å². The van der Waals surface area contributed by atoms with Crippen molar-refractivity contribution in [3.05, 3.63) is 58.1 Å². The summed E-state index contributed by atoms with van der Waals surface area (Å²) in [5.74, 6) is 0.0972. The molecule has 142 valence electrons. The third-order valence-corrected chi connectivity index (χ3v) is 4.27. The Kier molecular flexibility index (Phi) is 7.32. The molecule has 0 unspecified atom stereocenters. The number of ether oxygens (including phenoxy) is 1. The number of methoxy groups -OCH3 is 1. The van der Waals surface area contributed by atoms with Gasteiger partial charge in [-0.05, 0) is 78.4 Å². The van der Waals surface area contributed by atoms with E-state index in [1.807, 2.05) is 13.8 Å². The molecule has 0 saturated carbocycles. The van der Waals surface area contributed by atoms with Crippen molar-refractivity contribution >= 4 is 50.8 Å². The molecule has 2 amide bonds. The summed E-state index contributed by atoms with van der Waals surface area (Å²) in [6.07, 6.45) is 0. The van der Waals surface area contributed by atoms with Crippen LogP contribution in [-0.4, -0.2) is 30.1 Å². The number of hydrogen-bond acceptors (Lipinski definition) is 4. The first kappa shape index (κ1) is 20.9. The SMILES string of the molecule is COc1ccc(C(=O)NC(=S)Nc2cccc(C(=O)NC(C)C)c2)cc1Br. The van der Waals surface area contributed by atoms with E-state index in [1.165, 1.54) is 0 Å². The molecule has 0 heterocycles. The molecular formula is C19H20BrN3O3S. The van der Waals surface area contributed by atoms with Crippen molar-refractivity contribution in [1.29, 1.82) is 0 Å². The molecule has 6 nitrogen and oxygen atoms in total. The maximum Gasteiger partial charge on any atom is 0.257 e. The quantitative estimate of drug-likeness (QED) is 0.606. The summed E-state index contributed by atoms with van der Waals surface area (Å²) in [6.45, 7) is 3.78. The van der Waals surface area contributed by atoms with E-state index in [0.717, 1.165) is 0 Å². The van der Waals surface area contributed by atoms with E-state index in [4.69, 9.17) is 17.0 Å². The van der Waals surface area contributed by atoms with E-state index in [2.05, 4.69) is 31.9 Å². The van der Waals surface area contributed by atoms with Crippen molar-refractivity contribution in [1.82, 2.24) is 10.6 Å². The maximum absolute atomic E-state index is 12.3. The van der Waals surface area contributed by atoms with Crippen LogP contribution in [0.5, 0.6) is 5.75 Å². The number of hydrogen-bond donors (Lipinski definition) is 3. The van der Waals surface area contributed by atoms with E-state index in [0.29, 0.717) is 27.0 Å². The fourth-order valence-corrected chi connectivity index (χ4v) is 2.98. The fourth-order valence-electron chi connectivity index (χ4n) is 2.23. The Balaban J connectivity index is 2.02. The number of thiocarbonyl (C=S) groups is 1. The second-order valence-electron chi connectivity index (χ2n) is 5.97. The summed E-state index contributed by atoms with van der Waals surface area (Å²) in [6, 6.07) is 11.9. The molecule has 27 heavy (non-hydrogen) atoms. The van der Waals surface area contributed by atoms with Crippen LogP contribution >= 0.6 is 28.1 Å². The average molecular weight is 450 g/mol. The highest BCUT2D eigenvalue weighted by molar-refractivity contribution is 9.10. The van der Waals surface area contributed by atoms with Gasteiger partial charge in [0, 0.05) is 22.9 Å². The standard InChI is InChI=1S/C19H20BrN3O3S/c1-11(2)21-17(24)12-5-4-6-14(9-12)22-19(27)23-18(25)13-7-8-16(26-3)15(20)10-13/h4-11H,1-3H3,(H,21,24)(H2,22,23,25,27). The Hall–Kier alpha value is -2.45. The van der Waals surface area contributed by atoms with Crippen LogP contribution in [0.2, 0.25) is 0 Å². The highest BCUT2D eigenvalue weighted by Crippen LogP contribution is 2.25. The lowest BCUT2D eigenvalue weighted by atomic mass is 10.2. The van der Waals surface area contributed by atoms with E-state index in [1.54, 1.807) is 49.6 Å². The van der Waals surface area contributed by atoms with E-state index in [-0.39, 0.29) is 23.0 Å². The van der Waals surface area contributed by atoms with Crippen LogP contribution < -0.4 is 20.7 Å². The zero-order valence-corrected chi connectivity index (χ0v) is 17.5. The Labute approximate surface area is 171 Å². The van der Waals surface area contributed by atoms with Crippen molar-refractivity contribution in [3.8, 4) is 5.75 Å². The summed E-state index contributed by atoms with van der Waals surface area (Å²) in [7, 11) is 1.55. The van der Waals surface area contributed by atoms with Gasteiger partial charge in [-0.1, -0.05) is 6.07 Å². The number of rotatable bonds is 5. The van der Waals surface area contributed by atoms with Crippen LogP contribution in [0.4, 0.5) is 5.69 Å². The minimum absolute atomic E-state index is 0.0401. The number of halogens is 1. The van der Waals surface area contributed by atoms with E-state index >= 15 is 0 Å². The number of carbonyl (C=O) groups is 2. The van der Waals surface area contributed by atoms with Crippen molar-refractivity contribution < 1.29 is 14.3 Å². The molecule has 0 aliphatic carbocycles. The molecule has 2 aromatic rings. The third kappa shape index (κ3) is 6.04. The van der Waals surface area contributed by atoms with Crippen LogP contribution in [-0.2, 0) is 0 Å². The Morgan fingerprint density at radius 3 is 2.41 bits per heavy atom. The number of benzene rings is 2. The van der Waals surface area contributed by atoms with Gasteiger partial charge in [0.15, 0.2) is 5.11 Å². The minimum Gasteiger partial charge on any atom is -0.496 e. The average Bonchev–Trinajstić information content (AvgIpc) is 2.61. The molecule has 2 aromatic carbocycles. The van der Waals surface area contributed by atoms with Gasteiger partial charge in [-0.3, -0.25) is 14.9 Å². The van der Waals surface area contributed by atoms with Gasteiger partial charge in [-0.15, -0.1) is 0 Å². The third-order valence-electron chi connectivity index (χ3n) is 3.44. The highest BCUT2D eigenvalue weighted by atomic mass is 79.9. The van der Waals surface area contributed by atoms with Gasteiger partial charge in [0.25, 0.3) is 11.8 Å². The number of amides is 2. The molecule has 2 rings (SSSR count). The molecule has 0 atom stereocenters. The summed E-state index contributed by atoms with van der Waals surface area (Å²) < 4.78 is 5.81. The Morgan fingerprint density at radius 2 is 1.78 bits per heavy atom. The first-order valence-corrected chi connectivity index (χ1v) is 9.37. The van der Waals surface area contributed by atoms with Crippen LogP contribution in [0.3, 0.4) is 0 Å². The van der Waals surface area contributed by atoms with Crippen LogP contribution in [0, 0.1) is 0 Å². The van der Waals surface area contributed by atoms with Gasteiger partial charge in [-0.2, -0.15) is 0 Å². The smallest absolute Gasteiger partial charge is 0.257 e. The lowest BCUT2D eigenvalue weighted by Gasteiger charge is -2.12. The molecule has 0 bridgehead atoms. The van der Waals surface area contributed by atoms with Crippen molar-refractivity contribution in [2.24, 2.45) is 0 Å². The van der Waals surface area contributed by atoms with E-state index in [9.17, 15) is 9.59 Å². The molecule has 0 spiro atoms. The molecular weight excluding hydrogens is 430 g/mol. The minimum atomic E-state index is -0.357. The molecule has 3 N–H and O–H groups in total. The lowest BCUT2D eigenvalue weighted by Crippen LogP contribution is -2.34. The molecule has 0 aliphatic heterocycles. The highest BCUT2D eigenvalue weighted by Gasteiger charge is 2.12. The van der Waals surface area contributed by atoms with Gasteiger partial charge in [0.2, 0.25) is 0 Å². The molecule has 0 aliphatic rings. The molecule has 0 saturated heterocycles. The largest absolute Gasteiger partial charge is 0.496 e. The van der Waals surface area contributed by atoms with Crippen LogP contribution in [0.25, 0.3) is 0 Å². The zero-order valence-electron chi connectivity index (χ0n) is 15.1. The van der Waals surface area contributed by atoms with Gasteiger partial charge in [0.1, 0.15) is 5.75 Å². The predicted molar refractivity (Wildman–Crippen MR) is 113 cm³/mol. The van der Waals surface area contributed by atoms with Gasteiger partial charge in [0.05, 0.1) is 11.6 Å². The van der Waals surface area contributed by atoms with Crippen molar-refractivity contribution in [2.45, 2.75) is 19.9 Å². The number of carbonyl (C=O) groups excluding carboxylic acids is 2. The summed E-state index contributed by atoms with van der Waals surface area (Å²) >= 11 is 8.54. The molecule has 0 aromatic heterocycles. The fraction of sp³-hybridized carbons (Fsp3) is 0.211. The maximum atomic E-state index is 12.3. The molecule has 8 heteroatoms.